The number of hydroxylamine groups is 2. The molecule has 97 heavy (non-hydrogen) atoms. The Morgan fingerprint density at radius 1 is 0.639 bits per heavy atom. The minimum Gasteiger partial charge on any atom is -0.448 e. The fraction of sp³-hybridized carbons (Fsp3) is 0.706. The van der Waals surface area contributed by atoms with Crippen molar-refractivity contribution in [3.05, 3.63) is 42.5 Å². The Kier molecular flexibility index (Phi) is 28.8. The van der Waals surface area contributed by atoms with Crippen LogP contribution in [-0.4, -0.2) is 246 Å². The molecule has 1 aromatic carbocycles. The van der Waals surface area contributed by atoms with Gasteiger partial charge in [-0.1, -0.05) is 113 Å². The van der Waals surface area contributed by atoms with E-state index in [1.54, 1.807) is 47.6 Å². The van der Waals surface area contributed by atoms with Gasteiger partial charge < -0.3 is 55.0 Å². The number of sulfonamides is 1. The fourth-order valence-electron chi connectivity index (χ4n) is 13.0. The smallest absolute Gasteiger partial charge is 0.421 e. The van der Waals surface area contributed by atoms with E-state index in [9.17, 15) is 32.4 Å². The summed E-state index contributed by atoms with van der Waals surface area (Å²) in [5, 5.41) is 9.27. The number of amides is 12. The third-order valence-electron chi connectivity index (χ3n) is 18.9. The molecular weight excluding hydrogens is 1270 g/mol. The summed E-state index contributed by atoms with van der Waals surface area (Å²) >= 11 is 0. The highest BCUT2D eigenvalue weighted by atomic mass is 32.2. The van der Waals surface area contributed by atoms with Crippen LogP contribution in [0.5, 0.6) is 0 Å². The van der Waals surface area contributed by atoms with Gasteiger partial charge in [0.1, 0.15) is 73.1 Å². The lowest BCUT2D eigenvalue weighted by Crippen LogP contribution is -2.72. The van der Waals surface area contributed by atoms with Crippen molar-refractivity contribution in [3.63, 3.8) is 0 Å². The third kappa shape index (κ3) is 19.2. The molecule has 3 aliphatic rings. The van der Waals surface area contributed by atoms with Gasteiger partial charge in [0, 0.05) is 53.7 Å². The second kappa shape index (κ2) is 34.2. The maximum atomic E-state index is 15.6. The zero-order valence-electron chi connectivity index (χ0n) is 61.2. The molecule has 2 bridgehead atoms. The summed E-state index contributed by atoms with van der Waals surface area (Å²) in [4.78, 5) is 194. The van der Waals surface area contributed by atoms with Gasteiger partial charge in [-0.2, -0.15) is 0 Å². The van der Waals surface area contributed by atoms with Crippen LogP contribution in [0, 0.1) is 35.0 Å². The molecule has 14 atom stereocenters. The van der Waals surface area contributed by atoms with Gasteiger partial charge >= 0.3 is 6.09 Å². The normalized spacial score (nSPS) is 28.1. The summed E-state index contributed by atoms with van der Waals surface area (Å²) in [7, 11) is 3.73. The van der Waals surface area contributed by atoms with Gasteiger partial charge in [0.2, 0.25) is 59.1 Å². The van der Waals surface area contributed by atoms with E-state index in [0.717, 1.165) is 19.8 Å². The zero-order valence-corrected chi connectivity index (χ0v) is 62.0. The minimum atomic E-state index is -4.46. The Labute approximate surface area is 574 Å². The van der Waals surface area contributed by atoms with Crippen LogP contribution in [0.2, 0.25) is 0 Å². The number of rotatable bonds is 15. The Morgan fingerprint density at radius 2 is 1.20 bits per heavy atom. The Hall–Kier alpha value is -7.69. The van der Waals surface area contributed by atoms with E-state index in [0.29, 0.717) is 6.42 Å². The number of hydrogen-bond acceptors (Lipinski definition) is 16. The van der Waals surface area contributed by atoms with E-state index < -0.39 is 189 Å². The van der Waals surface area contributed by atoms with Crippen LogP contribution < -0.4 is 20.7 Å². The van der Waals surface area contributed by atoms with E-state index in [1.807, 2.05) is 58.4 Å². The molecule has 3 saturated heterocycles. The maximum absolute atomic E-state index is 15.6. The fourth-order valence-corrected chi connectivity index (χ4v) is 13.9. The average Bonchev–Trinajstić information content (AvgIpc) is 0.761. The van der Waals surface area contributed by atoms with Crippen molar-refractivity contribution in [2.45, 2.75) is 233 Å². The molecule has 0 saturated carbocycles. The predicted octanol–water partition coefficient (Wildman–Crippen LogP) is 3.53. The van der Waals surface area contributed by atoms with Gasteiger partial charge in [-0.15, -0.1) is 0 Å². The van der Waals surface area contributed by atoms with E-state index in [-0.39, 0.29) is 42.4 Å². The van der Waals surface area contributed by atoms with Crippen LogP contribution in [0.1, 0.15) is 150 Å². The van der Waals surface area contributed by atoms with Gasteiger partial charge in [-0.25, -0.2) is 23.0 Å². The summed E-state index contributed by atoms with van der Waals surface area (Å²) in [6, 6.07) is -9.26. The van der Waals surface area contributed by atoms with Crippen molar-refractivity contribution in [3.8, 4) is 0 Å². The maximum Gasteiger partial charge on any atom is 0.421 e. The van der Waals surface area contributed by atoms with Gasteiger partial charge in [0.05, 0.1) is 4.90 Å². The SMILES string of the molecule is C/C=C/C[C@@H](C)[C@H]1ON2C(=O)[C@H](C(C)C)N(C)C(=O)[C@@H]3CC(C)N(C(=O)[C@H](C)NC(=O)[C@H](CC(C)C)N(C)C(=O)[C@H](C(C)C)NC(=O)[C@H](C(C)(C)COC(=O)NS(=O)(=O)c4ccccc4)N(C)C(=O)[C@@H](C)N(C)C(=O)[C@H](CC)NC(=O)[C@H]12)[C@H](C)C(=O)N(C)[C@@H](CC(C)C)C(=O)N3C. The number of allylic oxidation sites excluding steroid dienone is 2. The molecule has 4 N–H and O–H groups in total. The lowest BCUT2D eigenvalue weighted by molar-refractivity contribution is -0.321. The number of hydrogen-bond donors (Lipinski definition) is 4. The quantitative estimate of drug-likeness (QED) is 0.183. The van der Waals surface area contributed by atoms with Crippen LogP contribution in [0.3, 0.4) is 0 Å². The second-order valence-corrected chi connectivity index (χ2v) is 30.3. The van der Waals surface area contributed by atoms with E-state index >= 15 is 33.6 Å². The first-order valence-electron chi connectivity index (χ1n) is 33.6. The largest absolute Gasteiger partial charge is 0.448 e. The summed E-state index contributed by atoms with van der Waals surface area (Å²) < 4.78 is 33.7. The molecule has 1 unspecified atom stereocenters. The lowest BCUT2D eigenvalue weighted by Gasteiger charge is -2.50. The highest BCUT2D eigenvalue weighted by Crippen LogP contribution is 2.35. The highest BCUT2D eigenvalue weighted by molar-refractivity contribution is 7.90. The van der Waals surface area contributed by atoms with Crippen LogP contribution in [0.15, 0.2) is 47.4 Å². The number of likely N-dealkylation sites (N-methyl/N-ethyl adjacent to an activating group) is 6. The number of benzene rings is 1. The van der Waals surface area contributed by atoms with Crippen molar-refractivity contribution in [2.24, 2.45) is 35.0 Å². The van der Waals surface area contributed by atoms with Gasteiger partial charge in [0.15, 0.2) is 6.04 Å². The number of fused-ring (bicyclic) bond motifs is 4. The lowest BCUT2D eigenvalue weighted by atomic mass is 9.83. The standard InChI is InChI=1S/C68H110N12O16S/c1-24-26-30-41(11)54-53-57(82)70-47(25-2)62(87)73(18)44(14)60(85)78(23)55(68(16,17)36-95-67(92)72-97(93,94)46-31-28-27-29-32-46)58(83)71-51(39(7)8)65(90)74(19)48(33-37(3)4)56(81)69-43(13)59(84)79-42(12)35-50(64(89)77(22)52(40(9)10)66(91)80(53)96-54)76(21)63(88)49(34-38(5)6)75(20)61(86)45(79)15/h24,26-29,31-32,37-45,47-55H,25,30,33-36H2,1-23H3,(H,69,81)(H,70,82)(H,71,83)(H,72,92)/b26-24+/t41-,42?,43+,44-,45-,47+,48+,49+,50+,51+,52+,53+,54-,55-/m1/s1. The molecule has 29 heteroatoms. The van der Waals surface area contributed by atoms with Crippen molar-refractivity contribution >= 4 is 81.1 Å². The highest BCUT2D eigenvalue weighted by Gasteiger charge is 2.55. The van der Waals surface area contributed by atoms with Crippen LogP contribution >= 0.6 is 0 Å². The molecular formula is C68H110N12O16S. The number of nitrogens with one attached hydrogen (secondary N) is 4. The molecule has 12 amide bonds. The van der Waals surface area contributed by atoms with Crippen molar-refractivity contribution < 1.29 is 75.5 Å². The predicted molar refractivity (Wildman–Crippen MR) is 362 cm³/mol. The molecule has 0 radical (unpaired) electrons. The van der Waals surface area contributed by atoms with E-state index in [4.69, 9.17) is 9.57 Å². The molecule has 28 nitrogen and oxygen atoms in total. The number of carbonyl (C=O) groups is 12. The molecule has 3 heterocycles. The molecule has 0 aromatic heterocycles. The van der Waals surface area contributed by atoms with E-state index in [1.165, 1.54) is 121 Å². The number of carbonyl (C=O) groups excluding carboxylic acids is 12. The monoisotopic (exact) mass is 1380 g/mol. The Morgan fingerprint density at radius 3 is 1.73 bits per heavy atom. The first kappa shape index (κ1) is 81.7. The van der Waals surface area contributed by atoms with Crippen molar-refractivity contribution in [1.82, 2.24) is 60.0 Å². The van der Waals surface area contributed by atoms with Gasteiger partial charge in [-0.05, 0) is 108 Å². The van der Waals surface area contributed by atoms with Crippen LogP contribution in [-0.2, 0) is 72.3 Å². The second-order valence-electron chi connectivity index (χ2n) is 28.6. The summed E-state index contributed by atoms with van der Waals surface area (Å²) in [6.07, 6.45) is 1.58. The number of ether oxygens (including phenoxy) is 1. The Balaban J connectivity index is 2.01. The van der Waals surface area contributed by atoms with Crippen LogP contribution in [0.4, 0.5) is 4.79 Å². The Bertz CT molecular complexity index is 3180. The number of nitrogens with zero attached hydrogens (tertiary/aromatic N) is 8. The van der Waals surface area contributed by atoms with Gasteiger partial charge in [0.25, 0.3) is 15.9 Å². The van der Waals surface area contributed by atoms with E-state index in [2.05, 4.69) is 16.0 Å². The van der Waals surface area contributed by atoms with Gasteiger partial charge in [-0.3, -0.25) is 57.6 Å². The summed E-state index contributed by atoms with van der Waals surface area (Å²) in [5.41, 5.74) is -1.65. The van der Waals surface area contributed by atoms with Crippen LogP contribution in [0.25, 0.3) is 0 Å². The topological polar surface area (TPSA) is 331 Å². The molecule has 0 aliphatic carbocycles. The first-order chi connectivity index (χ1) is 44.9. The summed E-state index contributed by atoms with van der Waals surface area (Å²) in [6.45, 7) is 27.3. The molecule has 544 valence electrons. The zero-order chi connectivity index (χ0) is 74.0. The summed E-state index contributed by atoms with van der Waals surface area (Å²) in [5.74, 6) is -10.7. The molecule has 0 spiro atoms. The molecule has 4 rings (SSSR count). The first-order valence-corrected chi connectivity index (χ1v) is 35.1. The molecule has 3 aliphatic heterocycles. The van der Waals surface area contributed by atoms with Crippen molar-refractivity contribution in [2.75, 3.05) is 48.9 Å². The van der Waals surface area contributed by atoms with Crippen molar-refractivity contribution in [1.29, 1.82) is 0 Å². The third-order valence-corrected chi connectivity index (χ3v) is 20.2. The molecule has 1 aromatic rings. The molecule has 3 fully saturated rings. The average molecular weight is 1380 g/mol. The minimum absolute atomic E-state index is 0.0299.